The third-order valence-electron chi connectivity index (χ3n) is 4.93. The van der Waals surface area contributed by atoms with Crippen molar-refractivity contribution in [1.82, 2.24) is 20.1 Å². The van der Waals surface area contributed by atoms with Crippen LogP contribution in [0, 0.1) is 5.82 Å². The molecule has 1 aromatic heterocycles. The number of hydrogen-bond acceptors (Lipinski definition) is 4. The van der Waals surface area contributed by atoms with E-state index in [1.54, 1.807) is 18.5 Å². The van der Waals surface area contributed by atoms with Gasteiger partial charge in [-0.1, -0.05) is 24.3 Å². The minimum absolute atomic E-state index is 0.0538. The molecule has 144 valence electrons. The summed E-state index contributed by atoms with van der Waals surface area (Å²) < 4.78 is 14.3. The summed E-state index contributed by atoms with van der Waals surface area (Å²) in [6, 6.07) is 10.6. The van der Waals surface area contributed by atoms with Gasteiger partial charge in [0.15, 0.2) is 0 Å². The first-order valence-electron chi connectivity index (χ1n) is 9.46. The number of halogens is 1. The summed E-state index contributed by atoms with van der Waals surface area (Å²) in [5.41, 5.74) is 1.72. The van der Waals surface area contributed by atoms with Gasteiger partial charge in [0.05, 0.1) is 12.6 Å². The first-order valence-corrected chi connectivity index (χ1v) is 9.46. The highest BCUT2D eigenvalue weighted by Gasteiger charge is 2.26. The number of nitrogens with one attached hydrogen (secondary N) is 1. The van der Waals surface area contributed by atoms with Crippen LogP contribution in [0.15, 0.2) is 48.8 Å². The Kier molecular flexibility index (Phi) is 6.90. The molecule has 1 saturated heterocycles. The van der Waals surface area contributed by atoms with Gasteiger partial charge in [0.1, 0.15) is 5.82 Å². The Morgan fingerprint density at radius 2 is 2.04 bits per heavy atom. The molecule has 2 aromatic rings. The predicted octanol–water partition coefficient (Wildman–Crippen LogP) is 2.61. The maximum absolute atomic E-state index is 14.3. The number of rotatable bonds is 8. The van der Waals surface area contributed by atoms with Crippen LogP contribution in [0.4, 0.5) is 4.39 Å². The minimum Gasteiger partial charge on any atom is -0.353 e. The van der Waals surface area contributed by atoms with Crippen molar-refractivity contribution >= 4 is 5.91 Å². The van der Waals surface area contributed by atoms with Crippen LogP contribution in [0.3, 0.4) is 0 Å². The summed E-state index contributed by atoms with van der Waals surface area (Å²) in [7, 11) is 1.90. The second-order valence-corrected chi connectivity index (χ2v) is 7.12. The number of likely N-dealkylation sites (tertiary alicyclic amines) is 1. The van der Waals surface area contributed by atoms with Crippen LogP contribution in [0.2, 0.25) is 0 Å². The lowest BCUT2D eigenvalue weighted by Gasteiger charge is -2.28. The zero-order valence-electron chi connectivity index (χ0n) is 15.8. The molecule has 1 atom stereocenters. The number of benzene rings is 1. The maximum atomic E-state index is 14.3. The molecule has 1 aliphatic rings. The SMILES string of the molecule is CN(CC(=O)NCC(c1ccccc1F)N1CCCC1)Cc1cccnc1. The van der Waals surface area contributed by atoms with Gasteiger partial charge in [0.25, 0.3) is 0 Å². The van der Waals surface area contributed by atoms with Crippen LogP contribution in [-0.2, 0) is 11.3 Å². The molecule has 27 heavy (non-hydrogen) atoms. The second-order valence-electron chi connectivity index (χ2n) is 7.12. The smallest absolute Gasteiger partial charge is 0.234 e. The van der Waals surface area contributed by atoms with Gasteiger partial charge in [-0.05, 0) is 50.7 Å². The topological polar surface area (TPSA) is 48.5 Å². The Morgan fingerprint density at radius 3 is 2.74 bits per heavy atom. The van der Waals surface area contributed by atoms with Crippen LogP contribution in [0.1, 0.15) is 30.0 Å². The number of likely N-dealkylation sites (N-methyl/N-ethyl adjacent to an activating group) is 1. The Hall–Kier alpha value is -2.31. The van der Waals surface area contributed by atoms with Crippen LogP contribution in [-0.4, -0.2) is 53.9 Å². The van der Waals surface area contributed by atoms with Crippen molar-refractivity contribution in [3.05, 3.63) is 65.7 Å². The number of amides is 1. The van der Waals surface area contributed by atoms with Gasteiger partial charge in [-0.3, -0.25) is 19.6 Å². The van der Waals surface area contributed by atoms with Crippen molar-refractivity contribution in [2.24, 2.45) is 0 Å². The van der Waals surface area contributed by atoms with Crippen molar-refractivity contribution in [3.8, 4) is 0 Å². The molecule has 3 rings (SSSR count). The van der Waals surface area contributed by atoms with E-state index in [0.717, 1.165) is 31.5 Å². The molecular weight excluding hydrogens is 343 g/mol. The molecule has 1 aliphatic heterocycles. The van der Waals surface area contributed by atoms with Crippen molar-refractivity contribution in [2.75, 3.05) is 33.2 Å². The van der Waals surface area contributed by atoms with Gasteiger partial charge >= 0.3 is 0 Å². The lowest BCUT2D eigenvalue weighted by Crippen LogP contribution is -2.41. The molecule has 2 heterocycles. The van der Waals surface area contributed by atoms with E-state index in [9.17, 15) is 9.18 Å². The number of carbonyl (C=O) groups is 1. The molecular formula is C21H27FN4O. The summed E-state index contributed by atoms with van der Waals surface area (Å²) in [5.74, 6) is -0.265. The van der Waals surface area contributed by atoms with Gasteiger partial charge in [0, 0.05) is 31.0 Å². The van der Waals surface area contributed by atoms with E-state index in [4.69, 9.17) is 0 Å². The highest BCUT2D eigenvalue weighted by Crippen LogP contribution is 2.26. The fourth-order valence-corrected chi connectivity index (χ4v) is 3.61. The average molecular weight is 370 g/mol. The molecule has 5 nitrogen and oxygen atoms in total. The molecule has 1 aromatic carbocycles. The third kappa shape index (κ3) is 5.58. The molecule has 1 unspecified atom stereocenters. The van der Waals surface area contributed by atoms with Crippen molar-refractivity contribution in [1.29, 1.82) is 0 Å². The Bertz CT molecular complexity index is 734. The van der Waals surface area contributed by atoms with E-state index in [1.807, 2.05) is 36.2 Å². The fourth-order valence-electron chi connectivity index (χ4n) is 3.61. The normalized spacial score (nSPS) is 15.8. The molecule has 1 N–H and O–H groups in total. The molecule has 6 heteroatoms. The zero-order valence-corrected chi connectivity index (χ0v) is 15.8. The van der Waals surface area contributed by atoms with E-state index in [1.165, 1.54) is 6.07 Å². The number of pyridine rings is 1. The molecule has 0 aliphatic carbocycles. The van der Waals surface area contributed by atoms with Crippen LogP contribution < -0.4 is 5.32 Å². The standard InChI is InChI=1S/C21H27FN4O/c1-25(15-17-7-6-10-23-13-17)16-21(27)24-14-20(26-11-4-5-12-26)18-8-2-3-9-19(18)22/h2-3,6-10,13,20H,4-5,11-12,14-16H2,1H3,(H,24,27). The average Bonchev–Trinajstić information content (AvgIpc) is 3.18. The fraction of sp³-hybridized carbons (Fsp3) is 0.429. The highest BCUT2D eigenvalue weighted by atomic mass is 19.1. The van der Waals surface area contributed by atoms with Crippen molar-refractivity contribution in [2.45, 2.75) is 25.4 Å². The van der Waals surface area contributed by atoms with Crippen LogP contribution in [0.25, 0.3) is 0 Å². The summed E-state index contributed by atoms with van der Waals surface area (Å²) in [6.45, 7) is 3.25. The molecule has 1 amide bonds. The summed E-state index contributed by atoms with van der Waals surface area (Å²) >= 11 is 0. The number of aromatic nitrogens is 1. The molecule has 0 bridgehead atoms. The number of nitrogens with zero attached hydrogens (tertiary/aromatic N) is 3. The predicted molar refractivity (Wildman–Crippen MR) is 104 cm³/mol. The van der Waals surface area contributed by atoms with Gasteiger partial charge in [-0.2, -0.15) is 0 Å². The maximum Gasteiger partial charge on any atom is 0.234 e. The van der Waals surface area contributed by atoms with Crippen LogP contribution >= 0.6 is 0 Å². The zero-order chi connectivity index (χ0) is 19.1. The number of carbonyl (C=O) groups excluding carboxylic acids is 1. The quantitative estimate of drug-likeness (QED) is 0.776. The second kappa shape index (κ2) is 9.58. The van der Waals surface area contributed by atoms with Gasteiger partial charge in [-0.25, -0.2) is 4.39 Å². The highest BCUT2D eigenvalue weighted by molar-refractivity contribution is 5.78. The number of hydrogen-bond donors (Lipinski definition) is 1. The monoisotopic (exact) mass is 370 g/mol. The lowest BCUT2D eigenvalue weighted by molar-refractivity contribution is -0.122. The van der Waals surface area contributed by atoms with E-state index in [-0.39, 0.29) is 17.8 Å². The van der Waals surface area contributed by atoms with E-state index in [2.05, 4.69) is 15.2 Å². The molecule has 0 spiro atoms. The molecule has 1 fully saturated rings. The lowest BCUT2D eigenvalue weighted by atomic mass is 10.0. The summed E-state index contributed by atoms with van der Waals surface area (Å²) in [6.07, 6.45) is 5.77. The minimum atomic E-state index is -0.211. The van der Waals surface area contributed by atoms with Crippen molar-refractivity contribution < 1.29 is 9.18 Å². The van der Waals surface area contributed by atoms with Gasteiger partial charge in [-0.15, -0.1) is 0 Å². The Morgan fingerprint density at radius 1 is 1.26 bits per heavy atom. The van der Waals surface area contributed by atoms with E-state index < -0.39 is 0 Å². The molecule has 0 radical (unpaired) electrons. The summed E-state index contributed by atoms with van der Waals surface area (Å²) in [5, 5.41) is 3.00. The Labute approximate surface area is 160 Å². The first-order chi connectivity index (χ1) is 13.1. The van der Waals surface area contributed by atoms with E-state index in [0.29, 0.717) is 25.2 Å². The first kappa shape index (κ1) is 19.5. The molecule has 0 saturated carbocycles. The van der Waals surface area contributed by atoms with Crippen molar-refractivity contribution in [3.63, 3.8) is 0 Å². The van der Waals surface area contributed by atoms with E-state index >= 15 is 0 Å². The van der Waals surface area contributed by atoms with Crippen LogP contribution in [0.5, 0.6) is 0 Å². The van der Waals surface area contributed by atoms with Gasteiger partial charge < -0.3 is 5.32 Å². The largest absolute Gasteiger partial charge is 0.353 e. The summed E-state index contributed by atoms with van der Waals surface area (Å²) in [4.78, 5) is 20.7. The third-order valence-corrected chi connectivity index (χ3v) is 4.93. The van der Waals surface area contributed by atoms with Gasteiger partial charge in [0.2, 0.25) is 5.91 Å². The Balaban J connectivity index is 1.56.